The van der Waals surface area contributed by atoms with Gasteiger partial charge in [-0.15, -0.1) is 11.3 Å². The van der Waals surface area contributed by atoms with Crippen molar-refractivity contribution in [3.05, 3.63) is 51.9 Å². The number of primary amides is 1. The zero-order chi connectivity index (χ0) is 21.3. The van der Waals surface area contributed by atoms with Gasteiger partial charge in [-0.2, -0.15) is 10.2 Å². The first-order valence-corrected chi connectivity index (χ1v) is 9.78. The number of aromatic amines is 2. The number of aldehydes is 1. The highest BCUT2D eigenvalue weighted by Gasteiger charge is 2.19. The number of hydrogen-bond acceptors (Lipinski definition) is 8. The fourth-order valence-electron chi connectivity index (χ4n) is 3.13. The average molecular weight is 425 g/mol. The molecule has 0 aromatic carbocycles. The number of aromatic nitrogens is 6. The number of imidazole rings is 1. The number of fused-ring (bicyclic) bond motifs is 1. The molecule has 12 heteroatoms. The van der Waals surface area contributed by atoms with Crippen molar-refractivity contribution >= 4 is 40.1 Å². The fraction of sp³-hybridized carbons (Fsp3) is 0.222. The Kier molecular flexibility index (Phi) is 5.14. The van der Waals surface area contributed by atoms with E-state index in [1.165, 1.54) is 17.7 Å². The van der Waals surface area contributed by atoms with E-state index in [4.69, 9.17) is 5.73 Å². The number of carbonyl (C=O) groups excluding carboxylic acids is 2. The molecule has 4 aromatic rings. The predicted octanol–water partition coefficient (Wildman–Crippen LogP) is 1.05. The maximum atomic E-state index is 11.7. The fourth-order valence-corrected chi connectivity index (χ4v) is 4.25. The zero-order valence-corrected chi connectivity index (χ0v) is 17.1. The number of nitrogens with two attached hydrogens (primary N) is 1. The molecular weight excluding hydrogens is 406 g/mol. The molecule has 0 aliphatic carbocycles. The summed E-state index contributed by atoms with van der Waals surface area (Å²) in [5, 5.41) is 13.9. The van der Waals surface area contributed by atoms with E-state index in [-0.39, 0.29) is 12.2 Å². The zero-order valence-electron chi connectivity index (χ0n) is 16.3. The van der Waals surface area contributed by atoms with Crippen molar-refractivity contribution in [3.63, 3.8) is 0 Å². The summed E-state index contributed by atoms with van der Waals surface area (Å²) >= 11 is 1.50. The lowest BCUT2D eigenvalue weighted by molar-refractivity contribution is 0.0993. The maximum Gasteiger partial charge on any atom is 0.267 e. The van der Waals surface area contributed by atoms with Gasteiger partial charge in [-0.1, -0.05) is 0 Å². The summed E-state index contributed by atoms with van der Waals surface area (Å²) in [6.45, 7) is 0.276. The van der Waals surface area contributed by atoms with Crippen LogP contribution in [0.2, 0.25) is 0 Å². The monoisotopic (exact) mass is 425 g/mol. The Morgan fingerprint density at radius 3 is 3.00 bits per heavy atom. The molecule has 0 aliphatic rings. The molecule has 4 N–H and O–H groups in total. The third-order valence-electron chi connectivity index (χ3n) is 4.58. The van der Waals surface area contributed by atoms with Crippen LogP contribution in [0.1, 0.15) is 42.9 Å². The van der Waals surface area contributed by atoms with Gasteiger partial charge < -0.3 is 15.3 Å². The molecule has 30 heavy (non-hydrogen) atoms. The minimum atomic E-state index is -0.581. The largest absolute Gasteiger partial charge is 0.364 e. The van der Waals surface area contributed by atoms with Crippen LogP contribution in [0.5, 0.6) is 0 Å². The summed E-state index contributed by atoms with van der Waals surface area (Å²) in [5.74, 6) is -0.581. The van der Waals surface area contributed by atoms with Gasteiger partial charge in [0.2, 0.25) is 0 Å². The van der Waals surface area contributed by atoms with E-state index in [9.17, 15) is 9.59 Å². The van der Waals surface area contributed by atoms with Gasteiger partial charge in [-0.05, 0) is 6.07 Å². The minimum absolute atomic E-state index is 0.248. The van der Waals surface area contributed by atoms with Gasteiger partial charge in [0.05, 0.1) is 40.9 Å². The molecule has 1 amide bonds. The topological polar surface area (TPSA) is 151 Å². The number of hydrazone groups is 1. The Morgan fingerprint density at radius 2 is 2.30 bits per heavy atom. The van der Waals surface area contributed by atoms with Crippen molar-refractivity contribution in [3.8, 4) is 0 Å². The second-order valence-corrected chi connectivity index (χ2v) is 7.71. The lowest BCUT2D eigenvalue weighted by Gasteiger charge is -2.11. The van der Waals surface area contributed by atoms with Crippen molar-refractivity contribution < 1.29 is 9.59 Å². The van der Waals surface area contributed by atoms with Crippen molar-refractivity contribution in [1.82, 2.24) is 34.7 Å². The Balaban J connectivity index is 1.61. The van der Waals surface area contributed by atoms with Gasteiger partial charge in [0, 0.05) is 32.3 Å². The van der Waals surface area contributed by atoms with Gasteiger partial charge in [0.25, 0.3) is 5.91 Å². The molecule has 4 heterocycles. The first-order chi connectivity index (χ1) is 14.5. The quantitative estimate of drug-likeness (QED) is 0.218. The van der Waals surface area contributed by atoms with Crippen LogP contribution in [-0.4, -0.2) is 60.2 Å². The molecule has 0 aliphatic heterocycles. The van der Waals surface area contributed by atoms with E-state index in [0.717, 1.165) is 27.3 Å². The van der Waals surface area contributed by atoms with Crippen molar-refractivity contribution in [2.45, 2.75) is 13.0 Å². The SMILES string of the molecule is CN(Cc1nc[nH]c1C(N)=O)/N=C\c1c(C=O)n(C)c2nc(Cc3cc[nH]n3)sc12. The van der Waals surface area contributed by atoms with Crippen LogP contribution in [0.25, 0.3) is 10.3 Å². The number of nitrogens with zero attached hydrogens (tertiary/aromatic N) is 6. The van der Waals surface area contributed by atoms with Gasteiger partial charge in [-0.3, -0.25) is 19.7 Å². The van der Waals surface area contributed by atoms with Crippen LogP contribution < -0.4 is 5.73 Å². The van der Waals surface area contributed by atoms with Gasteiger partial charge in [-0.25, -0.2) is 9.97 Å². The van der Waals surface area contributed by atoms with Crippen molar-refractivity contribution in [1.29, 1.82) is 0 Å². The highest BCUT2D eigenvalue weighted by Crippen LogP contribution is 2.30. The van der Waals surface area contributed by atoms with Crippen LogP contribution >= 0.6 is 11.3 Å². The van der Waals surface area contributed by atoms with E-state index in [1.54, 1.807) is 36.1 Å². The molecular formula is C18H19N9O2S. The molecule has 4 rings (SSSR count). The molecule has 0 saturated carbocycles. The number of aryl methyl sites for hydroxylation is 1. The summed E-state index contributed by atoms with van der Waals surface area (Å²) < 4.78 is 2.63. The predicted molar refractivity (Wildman–Crippen MR) is 112 cm³/mol. The molecule has 154 valence electrons. The van der Waals surface area contributed by atoms with E-state index in [2.05, 4.69) is 30.3 Å². The molecule has 0 bridgehead atoms. The number of rotatable bonds is 8. The van der Waals surface area contributed by atoms with Gasteiger partial charge in [0.15, 0.2) is 11.9 Å². The van der Waals surface area contributed by atoms with Crippen LogP contribution in [-0.2, 0) is 20.0 Å². The highest BCUT2D eigenvalue weighted by molar-refractivity contribution is 7.19. The first kappa shape index (κ1) is 19.5. The number of nitrogens with one attached hydrogen (secondary N) is 2. The van der Waals surface area contributed by atoms with Crippen LogP contribution in [0.15, 0.2) is 23.7 Å². The van der Waals surface area contributed by atoms with E-state index < -0.39 is 5.91 Å². The molecule has 4 aromatic heterocycles. The lowest BCUT2D eigenvalue weighted by Crippen LogP contribution is -2.18. The molecule has 0 fully saturated rings. The average Bonchev–Trinajstić information content (AvgIpc) is 3.47. The van der Waals surface area contributed by atoms with E-state index in [1.807, 2.05) is 6.07 Å². The van der Waals surface area contributed by atoms with Crippen molar-refractivity contribution in [2.24, 2.45) is 17.9 Å². The second-order valence-electron chi connectivity index (χ2n) is 6.63. The third kappa shape index (κ3) is 3.59. The lowest BCUT2D eigenvalue weighted by atomic mass is 10.3. The highest BCUT2D eigenvalue weighted by atomic mass is 32.1. The van der Waals surface area contributed by atoms with Crippen LogP contribution in [0, 0.1) is 0 Å². The summed E-state index contributed by atoms with van der Waals surface area (Å²) in [4.78, 5) is 34.6. The van der Waals surface area contributed by atoms with Crippen LogP contribution in [0.3, 0.4) is 0 Å². The Hall–Kier alpha value is -3.80. The normalized spacial score (nSPS) is 11.5. The molecule has 0 saturated heterocycles. The Labute approximate surface area is 174 Å². The van der Waals surface area contributed by atoms with Crippen molar-refractivity contribution in [2.75, 3.05) is 7.05 Å². The Bertz CT molecular complexity index is 1230. The summed E-state index contributed by atoms with van der Waals surface area (Å²) in [6, 6.07) is 1.90. The maximum absolute atomic E-state index is 11.7. The van der Waals surface area contributed by atoms with Crippen LogP contribution in [0.4, 0.5) is 0 Å². The second kappa shape index (κ2) is 7.91. The molecule has 0 unspecified atom stereocenters. The third-order valence-corrected chi connectivity index (χ3v) is 5.66. The van der Waals surface area contributed by atoms with Gasteiger partial charge in [0.1, 0.15) is 10.7 Å². The number of H-pyrrole nitrogens is 2. The Morgan fingerprint density at radius 1 is 1.47 bits per heavy atom. The smallest absolute Gasteiger partial charge is 0.267 e. The summed E-state index contributed by atoms with van der Waals surface area (Å²) in [6.07, 6.45) is 6.20. The number of carbonyl (C=O) groups is 2. The number of hydrogen-bond donors (Lipinski definition) is 3. The molecule has 11 nitrogen and oxygen atoms in total. The number of thiazole rings is 1. The van der Waals surface area contributed by atoms with E-state index in [0.29, 0.717) is 23.4 Å². The molecule has 0 spiro atoms. The first-order valence-electron chi connectivity index (χ1n) is 8.97. The van der Waals surface area contributed by atoms with Gasteiger partial charge >= 0.3 is 0 Å². The summed E-state index contributed by atoms with van der Waals surface area (Å²) in [7, 11) is 3.54. The summed E-state index contributed by atoms with van der Waals surface area (Å²) in [5.41, 5.74) is 8.87. The molecule has 0 radical (unpaired) electrons. The number of amides is 1. The van der Waals surface area contributed by atoms with E-state index >= 15 is 0 Å². The standard InChI is InChI=1S/C18H19N9O2S/c1-26(7-12-15(17(19)29)21-9-20-12)23-6-11-13(8-28)27(2)18-16(11)30-14(24-18)5-10-3-4-22-25-10/h3-4,6,8-9H,5,7H2,1-2H3,(H2,19,29)(H,20,21)(H,22,25)/b23-6-. The minimum Gasteiger partial charge on any atom is -0.364 e. The molecule has 0 atom stereocenters.